The fraction of sp³-hybridized carbons (Fsp3) is 0.0800. The quantitative estimate of drug-likeness (QED) is 0.368. The number of amides is 1. The predicted octanol–water partition coefficient (Wildman–Crippen LogP) is 5.21. The number of anilines is 1. The largest absolute Gasteiger partial charge is 0.312 e. The van der Waals surface area contributed by atoms with Crippen LogP contribution in [-0.4, -0.2) is 30.4 Å². The molecular formula is C25H19FN6OS. The third-order valence-electron chi connectivity index (χ3n) is 5.14. The van der Waals surface area contributed by atoms with Crippen LogP contribution in [0, 0.1) is 12.7 Å². The van der Waals surface area contributed by atoms with E-state index in [1.807, 2.05) is 34.9 Å². The standard InChI is InChI=1S/C25H19FN6OS/c1-16-21(34-25(30-16)22-27-12-5-13-28-22)24(33)31-23-20(18-8-10-19(26)11-9-18)29-15-32(23)14-17-6-3-2-4-7-17/h2-13,15H,14H2,1H3,(H,31,33). The van der Waals surface area contributed by atoms with Gasteiger partial charge in [-0.15, -0.1) is 11.3 Å². The maximum absolute atomic E-state index is 13.5. The number of nitrogens with one attached hydrogen (secondary N) is 1. The Morgan fingerprint density at radius 3 is 2.47 bits per heavy atom. The fourth-order valence-electron chi connectivity index (χ4n) is 3.51. The molecule has 2 aromatic carbocycles. The summed E-state index contributed by atoms with van der Waals surface area (Å²) < 4.78 is 15.4. The van der Waals surface area contributed by atoms with E-state index in [0.717, 1.165) is 5.56 Å². The molecule has 1 N–H and O–H groups in total. The van der Waals surface area contributed by atoms with Gasteiger partial charge in [-0.3, -0.25) is 4.79 Å². The van der Waals surface area contributed by atoms with Crippen molar-refractivity contribution in [3.63, 3.8) is 0 Å². The predicted molar refractivity (Wildman–Crippen MR) is 129 cm³/mol. The maximum atomic E-state index is 13.5. The molecule has 0 aliphatic carbocycles. The Labute approximate surface area is 199 Å². The molecule has 3 heterocycles. The van der Waals surface area contributed by atoms with Crippen LogP contribution in [0.25, 0.3) is 22.1 Å². The summed E-state index contributed by atoms with van der Waals surface area (Å²) in [6.45, 7) is 2.29. The first-order chi connectivity index (χ1) is 16.6. The average molecular weight is 471 g/mol. The minimum atomic E-state index is -0.339. The highest BCUT2D eigenvalue weighted by Crippen LogP contribution is 2.30. The second-order valence-corrected chi connectivity index (χ2v) is 8.52. The molecule has 0 aliphatic heterocycles. The van der Waals surface area contributed by atoms with E-state index in [4.69, 9.17) is 0 Å². The van der Waals surface area contributed by atoms with Crippen LogP contribution >= 0.6 is 11.3 Å². The zero-order valence-electron chi connectivity index (χ0n) is 18.1. The molecule has 5 aromatic rings. The molecule has 0 unspecified atom stereocenters. The summed E-state index contributed by atoms with van der Waals surface area (Å²) in [5.74, 6) is 0.339. The van der Waals surface area contributed by atoms with Crippen molar-refractivity contribution in [2.24, 2.45) is 0 Å². The zero-order chi connectivity index (χ0) is 23.5. The molecule has 0 atom stereocenters. The summed E-state index contributed by atoms with van der Waals surface area (Å²) in [6.07, 6.45) is 4.94. The SMILES string of the molecule is Cc1nc(-c2ncccn2)sc1C(=O)Nc1c(-c2ccc(F)cc2)ncn1Cc1ccccc1. The zero-order valence-corrected chi connectivity index (χ0v) is 19.0. The Bertz CT molecular complexity index is 1430. The summed E-state index contributed by atoms with van der Waals surface area (Å²) in [4.78, 5) is 31.2. The van der Waals surface area contributed by atoms with Crippen molar-refractivity contribution in [1.82, 2.24) is 24.5 Å². The van der Waals surface area contributed by atoms with E-state index in [0.29, 0.717) is 45.0 Å². The number of halogens is 1. The van der Waals surface area contributed by atoms with Gasteiger partial charge in [-0.2, -0.15) is 0 Å². The maximum Gasteiger partial charge on any atom is 0.268 e. The van der Waals surface area contributed by atoms with E-state index in [-0.39, 0.29) is 11.7 Å². The number of carbonyl (C=O) groups is 1. The number of benzene rings is 2. The third kappa shape index (κ3) is 4.46. The minimum Gasteiger partial charge on any atom is -0.312 e. The van der Waals surface area contributed by atoms with Crippen LogP contribution in [0.2, 0.25) is 0 Å². The lowest BCUT2D eigenvalue weighted by Gasteiger charge is -2.12. The van der Waals surface area contributed by atoms with Gasteiger partial charge in [0.2, 0.25) is 0 Å². The van der Waals surface area contributed by atoms with E-state index in [2.05, 4.69) is 25.3 Å². The normalized spacial score (nSPS) is 10.9. The third-order valence-corrected chi connectivity index (χ3v) is 6.30. The van der Waals surface area contributed by atoms with Crippen molar-refractivity contribution in [2.75, 3.05) is 5.32 Å². The molecule has 0 saturated heterocycles. The van der Waals surface area contributed by atoms with Crippen LogP contribution in [0.15, 0.2) is 79.4 Å². The van der Waals surface area contributed by atoms with Gasteiger partial charge in [-0.1, -0.05) is 30.3 Å². The number of hydrogen-bond acceptors (Lipinski definition) is 6. The van der Waals surface area contributed by atoms with Crippen LogP contribution in [-0.2, 0) is 6.54 Å². The second kappa shape index (κ2) is 9.32. The number of hydrogen-bond donors (Lipinski definition) is 1. The van der Waals surface area contributed by atoms with Crippen LogP contribution in [0.4, 0.5) is 10.2 Å². The lowest BCUT2D eigenvalue weighted by molar-refractivity contribution is 0.102. The van der Waals surface area contributed by atoms with Crippen molar-refractivity contribution in [3.05, 3.63) is 101 Å². The lowest BCUT2D eigenvalue weighted by atomic mass is 10.1. The van der Waals surface area contributed by atoms with Crippen LogP contribution < -0.4 is 5.32 Å². The van der Waals surface area contributed by atoms with Gasteiger partial charge in [0, 0.05) is 18.0 Å². The molecule has 3 aromatic heterocycles. The summed E-state index contributed by atoms with van der Waals surface area (Å²) in [5, 5.41) is 3.58. The number of aromatic nitrogens is 5. The molecule has 5 rings (SSSR count). The van der Waals surface area contributed by atoms with Gasteiger partial charge in [0.15, 0.2) is 10.8 Å². The van der Waals surface area contributed by atoms with Gasteiger partial charge in [-0.05, 0) is 42.8 Å². The van der Waals surface area contributed by atoms with Gasteiger partial charge in [0.05, 0.1) is 18.6 Å². The van der Waals surface area contributed by atoms with Gasteiger partial charge in [-0.25, -0.2) is 24.3 Å². The number of aryl methyl sites for hydroxylation is 1. The summed E-state index contributed by atoms with van der Waals surface area (Å²) in [5.41, 5.74) is 2.89. The number of carbonyl (C=O) groups excluding carboxylic acids is 1. The summed E-state index contributed by atoms with van der Waals surface area (Å²) >= 11 is 1.23. The van der Waals surface area contributed by atoms with E-state index in [9.17, 15) is 9.18 Å². The lowest BCUT2D eigenvalue weighted by Crippen LogP contribution is -2.16. The monoisotopic (exact) mass is 470 g/mol. The molecular weight excluding hydrogens is 451 g/mol. The van der Waals surface area contributed by atoms with Crippen LogP contribution in [0.5, 0.6) is 0 Å². The molecule has 0 saturated carbocycles. The topological polar surface area (TPSA) is 85.6 Å². The van der Waals surface area contributed by atoms with E-state index in [1.54, 1.807) is 43.8 Å². The highest BCUT2D eigenvalue weighted by atomic mass is 32.1. The number of nitrogens with zero attached hydrogens (tertiary/aromatic N) is 5. The molecule has 0 fully saturated rings. The second-order valence-electron chi connectivity index (χ2n) is 7.52. The first-order valence-corrected chi connectivity index (χ1v) is 11.3. The first-order valence-electron chi connectivity index (χ1n) is 10.5. The highest BCUT2D eigenvalue weighted by molar-refractivity contribution is 7.17. The molecule has 7 nitrogen and oxygen atoms in total. The van der Waals surface area contributed by atoms with Gasteiger partial charge < -0.3 is 9.88 Å². The van der Waals surface area contributed by atoms with Crippen molar-refractivity contribution in [2.45, 2.75) is 13.5 Å². The number of imidazole rings is 1. The highest BCUT2D eigenvalue weighted by Gasteiger charge is 2.21. The molecule has 34 heavy (non-hydrogen) atoms. The van der Waals surface area contributed by atoms with Crippen molar-refractivity contribution < 1.29 is 9.18 Å². The summed E-state index contributed by atoms with van der Waals surface area (Å²) in [6, 6.07) is 17.6. The van der Waals surface area contributed by atoms with E-state index < -0.39 is 0 Å². The van der Waals surface area contributed by atoms with Gasteiger partial charge >= 0.3 is 0 Å². The van der Waals surface area contributed by atoms with Crippen molar-refractivity contribution in [3.8, 4) is 22.1 Å². The Morgan fingerprint density at radius 1 is 1.00 bits per heavy atom. The molecule has 0 radical (unpaired) electrons. The molecule has 1 amide bonds. The van der Waals surface area contributed by atoms with Crippen molar-refractivity contribution >= 4 is 23.1 Å². The Balaban J connectivity index is 1.50. The number of thiazole rings is 1. The Hall–Kier alpha value is -4.24. The van der Waals surface area contributed by atoms with E-state index in [1.165, 1.54) is 23.5 Å². The summed E-state index contributed by atoms with van der Waals surface area (Å²) in [7, 11) is 0. The smallest absolute Gasteiger partial charge is 0.268 e. The van der Waals surface area contributed by atoms with Crippen LogP contribution in [0.3, 0.4) is 0 Å². The van der Waals surface area contributed by atoms with Gasteiger partial charge in [0.25, 0.3) is 5.91 Å². The Kier molecular flexibility index (Phi) is 5.92. The van der Waals surface area contributed by atoms with E-state index >= 15 is 0 Å². The average Bonchev–Trinajstić information content (AvgIpc) is 3.44. The fourth-order valence-corrected chi connectivity index (χ4v) is 4.42. The first kappa shape index (κ1) is 21.6. The minimum absolute atomic E-state index is 0.310. The molecule has 0 aliphatic rings. The molecule has 0 spiro atoms. The number of rotatable bonds is 6. The van der Waals surface area contributed by atoms with Gasteiger partial charge in [0.1, 0.15) is 22.2 Å². The molecule has 9 heteroatoms. The Morgan fingerprint density at radius 2 is 1.74 bits per heavy atom. The van der Waals surface area contributed by atoms with Crippen molar-refractivity contribution in [1.29, 1.82) is 0 Å². The van der Waals surface area contributed by atoms with Crippen LogP contribution in [0.1, 0.15) is 20.9 Å². The molecule has 0 bridgehead atoms. The molecule has 168 valence electrons.